The summed E-state index contributed by atoms with van der Waals surface area (Å²) in [7, 11) is 3.57. The van der Waals surface area contributed by atoms with E-state index in [0.29, 0.717) is 42.9 Å². The van der Waals surface area contributed by atoms with Gasteiger partial charge in [-0.15, -0.1) is 0 Å². The maximum atomic E-state index is 14.9. The van der Waals surface area contributed by atoms with Gasteiger partial charge >= 0.3 is 0 Å². The zero-order valence-electron chi connectivity index (χ0n) is 16.0. The lowest BCUT2D eigenvalue weighted by Gasteiger charge is -2.30. The predicted molar refractivity (Wildman–Crippen MR) is 106 cm³/mol. The summed E-state index contributed by atoms with van der Waals surface area (Å²) >= 11 is 0. The zero-order valence-corrected chi connectivity index (χ0v) is 16.0. The van der Waals surface area contributed by atoms with Gasteiger partial charge in [-0.05, 0) is 24.8 Å². The molecule has 2 amide bonds. The van der Waals surface area contributed by atoms with Crippen molar-refractivity contribution in [1.82, 2.24) is 15.1 Å². The van der Waals surface area contributed by atoms with Crippen LogP contribution < -0.4 is 15.1 Å². The first-order valence-corrected chi connectivity index (χ1v) is 9.19. The first-order valence-electron chi connectivity index (χ1n) is 9.19. The van der Waals surface area contributed by atoms with Crippen LogP contribution in [-0.4, -0.2) is 55.5 Å². The summed E-state index contributed by atoms with van der Waals surface area (Å²) in [6.07, 6.45) is 1.95. The van der Waals surface area contributed by atoms with Crippen LogP contribution in [0, 0.1) is 17.0 Å². The minimum Gasteiger partial charge on any atom is -0.370 e. The van der Waals surface area contributed by atoms with Crippen LogP contribution in [0.1, 0.15) is 6.42 Å². The first kappa shape index (κ1) is 19.7. The van der Waals surface area contributed by atoms with E-state index in [1.54, 1.807) is 29.7 Å². The average Bonchev–Trinajstić information content (AvgIpc) is 3.01. The minimum absolute atomic E-state index is 0.0383. The molecule has 3 rings (SSSR count). The minimum atomic E-state index is -0.378. The van der Waals surface area contributed by atoms with Crippen LogP contribution in [-0.2, 0) is 16.6 Å². The van der Waals surface area contributed by atoms with Crippen LogP contribution in [0.5, 0.6) is 0 Å². The Labute approximate surface area is 163 Å². The highest BCUT2D eigenvalue weighted by atomic mass is 19.1. The van der Waals surface area contributed by atoms with Crippen LogP contribution in [0.25, 0.3) is 10.9 Å². The van der Waals surface area contributed by atoms with Gasteiger partial charge in [-0.2, -0.15) is 5.10 Å². The number of carbonyl (C=O) groups is 2. The molecule has 0 unspecified atom stereocenters. The van der Waals surface area contributed by atoms with Gasteiger partial charge in [0.2, 0.25) is 12.3 Å². The second-order valence-electron chi connectivity index (χ2n) is 7.02. The van der Waals surface area contributed by atoms with Crippen LogP contribution in [0.2, 0.25) is 12.6 Å². The number of benzene rings is 1. The molecular weight excluding hydrogens is 362 g/mol. The molecule has 2 aromatic rings. The van der Waals surface area contributed by atoms with E-state index in [9.17, 15) is 14.0 Å². The van der Waals surface area contributed by atoms with E-state index in [4.69, 9.17) is 5.26 Å². The second kappa shape index (κ2) is 8.29. The third kappa shape index (κ3) is 3.93. The maximum Gasteiger partial charge on any atom is 0.271 e. The quantitative estimate of drug-likeness (QED) is 0.594. The molecular formula is C18H22BFN6O2. The Morgan fingerprint density at radius 2 is 2.18 bits per heavy atom. The lowest BCUT2D eigenvalue weighted by atomic mass is 9.45. The number of nitrogens with zero attached hydrogens (tertiary/aromatic N) is 5. The van der Waals surface area contributed by atoms with Crippen LogP contribution >= 0.6 is 0 Å². The van der Waals surface area contributed by atoms with Gasteiger partial charge in [0.1, 0.15) is 5.82 Å². The van der Waals surface area contributed by atoms with Gasteiger partial charge in [-0.1, -0.05) is 0 Å². The summed E-state index contributed by atoms with van der Waals surface area (Å²) < 4.78 is 16.6. The van der Waals surface area contributed by atoms with Crippen molar-refractivity contribution in [2.24, 2.45) is 7.05 Å². The Bertz CT molecular complexity index is 932. The van der Waals surface area contributed by atoms with Gasteiger partial charge in [0.15, 0.2) is 5.82 Å². The van der Waals surface area contributed by atoms with Crippen LogP contribution in [0.15, 0.2) is 12.1 Å². The highest BCUT2D eigenvalue weighted by Crippen LogP contribution is 2.32. The van der Waals surface area contributed by atoms with E-state index >= 15 is 0 Å². The first-order chi connectivity index (χ1) is 13.4. The number of fused-ring (bicyclic) bond motifs is 1. The predicted octanol–water partition coefficient (Wildman–Crippen LogP) is 1.19. The Morgan fingerprint density at radius 1 is 1.46 bits per heavy atom. The zero-order chi connectivity index (χ0) is 20.3. The molecule has 1 aromatic heterocycles. The topological polar surface area (TPSA) is 94.3 Å². The number of aromatic nitrogens is 2. The summed E-state index contributed by atoms with van der Waals surface area (Å²) in [4.78, 5) is 25.5. The van der Waals surface area contributed by atoms with Crippen molar-refractivity contribution in [3.8, 4) is 5.97 Å². The summed E-state index contributed by atoms with van der Waals surface area (Å²) in [5, 5.41) is 16.3. The molecule has 1 aliphatic rings. The van der Waals surface area contributed by atoms with Crippen molar-refractivity contribution in [3.63, 3.8) is 0 Å². The van der Waals surface area contributed by atoms with Crippen LogP contribution in [0.4, 0.5) is 15.9 Å². The van der Waals surface area contributed by atoms with Crippen molar-refractivity contribution >= 4 is 41.4 Å². The number of nitrogens with one attached hydrogen (secondary N) is 1. The second-order valence-corrected chi connectivity index (χ2v) is 7.02. The molecule has 1 fully saturated rings. The fourth-order valence-corrected chi connectivity index (χ4v) is 3.53. The normalized spacial score (nSPS) is 14.1. The maximum absolute atomic E-state index is 14.9. The molecule has 2 heterocycles. The number of amides is 2. The molecule has 8 nitrogen and oxygen atoms in total. The summed E-state index contributed by atoms with van der Waals surface area (Å²) in [6.45, 7) is 1.68. The number of anilines is 2. The van der Waals surface area contributed by atoms with Crippen LogP contribution in [0.3, 0.4) is 0 Å². The standard InChI is InChI=1S/C18H22BFN6O2/c1-24(6-3-17(28)22-12-27)18-13-9-14(20)16(10-15(13)25(2)23-18)26-7-4-19(11-21)5-8-26/h9-10,12H,3-8H2,1-2H3,(H,22,27,28). The van der Waals surface area contributed by atoms with Gasteiger partial charge in [0, 0.05) is 51.5 Å². The molecule has 1 saturated heterocycles. The largest absolute Gasteiger partial charge is 0.370 e. The van der Waals surface area contributed by atoms with Gasteiger partial charge in [0.25, 0.3) is 6.71 Å². The smallest absolute Gasteiger partial charge is 0.271 e. The molecule has 0 bridgehead atoms. The van der Waals surface area contributed by atoms with E-state index in [0.717, 1.165) is 18.2 Å². The summed E-state index contributed by atoms with van der Waals surface area (Å²) in [6, 6.07) is 3.27. The Kier molecular flexibility index (Phi) is 5.83. The fourth-order valence-electron chi connectivity index (χ4n) is 3.53. The SMILES string of the molecule is CN(CCC(=O)NC=O)c1nn(C)c2cc(N3CCB(C#N)CC3)c(F)cc12. The Hall–Kier alpha value is -3.09. The third-order valence-electron chi connectivity index (χ3n) is 5.17. The number of halogens is 1. The molecule has 10 heteroatoms. The molecule has 0 spiro atoms. The van der Waals surface area contributed by atoms with Gasteiger partial charge in [0.05, 0.1) is 11.2 Å². The van der Waals surface area contributed by atoms with Gasteiger partial charge in [-0.25, -0.2) is 9.65 Å². The van der Waals surface area contributed by atoms with E-state index < -0.39 is 0 Å². The monoisotopic (exact) mass is 384 g/mol. The van der Waals surface area contributed by atoms with Gasteiger partial charge in [-0.3, -0.25) is 19.6 Å². The number of hydrogen-bond acceptors (Lipinski definition) is 6. The van der Waals surface area contributed by atoms with Crippen molar-refractivity contribution < 1.29 is 14.0 Å². The van der Waals surface area contributed by atoms with Gasteiger partial charge < -0.3 is 9.80 Å². The molecule has 146 valence electrons. The fraction of sp³-hybridized carbons (Fsp3) is 0.444. The molecule has 0 saturated carbocycles. The van der Waals surface area contributed by atoms with E-state index in [1.807, 2.05) is 4.90 Å². The molecule has 0 aliphatic carbocycles. The number of imide groups is 1. The van der Waals surface area contributed by atoms with Crippen molar-refractivity contribution in [2.45, 2.75) is 19.1 Å². The van der Waals surface area contributed by atoms with E-state index in [1.165, 1.54) is 6.07 Å². The Balaban J connectivity index is 1.84. The molecule has 28 heavy (non-hydrogen) atoms. The highest BCUT2D eigenvalue weighted by molar-refractivity contribution is 6.67. The molecule has 1 N–H and O–H groups in total. The molecule has 0 atom stereocenters. The van der Waals surface area contributed by atoms with Crippen molar-refractivity contribution in [1.29, 1.82) is 5.26 Å². The molecule has 1 aromatic carbocycles. The van der Waals surface area contributed by atoms with E-state index in [2.05, 4.69) is 16.4 Å². The number of rotatable bonds is 6. The van der Waals surface area contributed by atoms with Crippen molar-refractivity contribution in [3.05, 3.63) is 17.9 Å². The number of hydrogen-bond donors (Lipinski definition) is 1. The molecule has 0 radical (unpaired) electrons. The lowest BCUT2D eigenvalue weighted by molar-refractivity contribution is -0.125. The summed E-state index contributed by atoms with van der Waals surface area (Å²) in [5.41, 5.74) is 1.31. The summed E-state index contributed by atoms with van der Waals surface area (Å²) in [5.74, 6) is 2.15. The lowest BCUT2D eigenvalue weighted by Crippen LogP contribution is -2.37. The number of carbonyl (C=O) groups excluding carboxylic acids is 2. The third-order valence-corrected chi connectivity index (χ3v) is 5.17. The average molecular weight is 384 g/mol. The van der Waals surface area contributed by atoms with E-state index in [-0.39, 0.29) is 24.9 Å². The molecule has 1 aliphatic heterocycles. The van der Waals surface area contributed by atoms with Crippen molar-refractivity contribution in [2.75, 3.05) is 36.5 Å². The number of nitriles is 1. The Morgan fingerprint density at radius 3 is 2.82 bits per heavy atom. The highest BCUT2D eigenvalue weighted by Gasteiger charge is 2.25. The number of aryl methyl sites for hydroxylation is 1.